The van der Waals surface area contributed by atoms with Crippen LogP contribution in [0.1, 0.15) is 25.7 Å². The average Bonchev–Trinajstić information content (AvgIpc) is 2.20. The van der Waals surface area contributed by atoms with E-state index in [1.165, 1.54) is 4.90 Å². The van der Waals surface area contributed by atoms with Gasteiger partial charge in [-0.15, -0.1) is 0 Å². The molecule has 0 aromatic heterocycles. The Kier molecular flexibility index (Phi) is 9.22. The lowest BCUT2D eigenvalue weighted by molar-refractivity contribution is -0.141. The van der Waals surface area contributed by atoms with Crippen LogP contribution in [0.5, 0.6) is 0 Å². The highest BCUT2D eigenvalue weighted by Gasteiger charge is 2.12. The summed E-state index contributed by atoms with van der Waals surface area (Å²) in [6.07, 6.45) is 4.05. The van der Waals surface area contributed by atoms with Gasteiger partial charge in [-0.05, 0) is 40.0 Å². The Hall–Kier alpha value is -1.14. The van der Waals surface area contributed by atoms with Crippen molar-refractivity contribution in [1.82, 2.24) is 9.80 Å². The third kappa shape index (κ3) is 11.3. The van der Waals surface area contributed by atoms with Crippen LogP contribution in [-0.4, -0.2) is 72.2 Å². The standard InChI is InChI=1S/C12H24N2O4/c1-13(2)7-5-3-4-6-8-14(9-11(15)16)10-12(17)18/h3-10H2,1-2H3,(H,15,16)(H,17,18). The quantitative estimate of drug-likeness (QED) is 0.529. The Bertz CT molecular complexity index is 240. The fourth-order valence-corrected chi connectivity index (χ4v) is 1.71. The van der Waals surface area contributed by atoms with E-state index in [9.17, 15) is 9.59 Å². The molecular formula is C12H24N2O4. The van der Waals surface area contributed by atoms with Crippen molar-refractivity contribution in [1.29, 1.82) is 0 Å². The first-order chi connectivity index (χ1) is 8.41. The molecule has 0 radical (unpaired) electrons. The lowest BCUT2D eigenvalue weighted by atomic mass is 10.2. The largest absolute Gasteiger partial charge is 0.480 e. The van der Waals surface area contributed by atoms with Crippen LogP contribution in [0.3, 0.4) is 0 Å². The summed E-state index contributed by atoms with van der Waals surface area (Å²) in [7, 11) is 4.06. The Morgan fingerprint density at radius 2 is 1.28 bits per heavy atom. The second-order valence-corrected chi connectivity index (χ2v) is 4.72. The van der Waals surface area contributed by atoms with Gasteiger partial charge in [-0.2, -0.15) is 0 Å². The molecule has 2 N–H and O–H groups in total. The summed E-state index contributed by atoms with van der Waals surface area (Å²) in [6, 6.07) is 0. The predicted molar refractivity (Wildman–Crippen MR) is 68.7 cm³/mol. The lowest BCUT2D eigenvalue weighted by Crippen LogP contribution is -2.35. The molecule has 6 heteroatoms. The first-order valence-electron chi connectivity index (χ1n) is 6.22. The first kappa shape index (κ1) is 16.9. The van der Waals surface area contributed by atoms with Crippen LogP contribution < -0.4 is 0 Å². The molecule has 0 saturated carbocycles. The maximum Gasteiger partial charge on any atom is 0.317 e. The van der Waals surface area contributed by atoms with Gasteiger partial charge in [0, 0.05) is 0 Å². The molecular weight excluding hydrogens is 236 g/mol. The van der Waals surface area contributed by atoms with E-state index in [-0.39, 0.29) is 13.1 Å². The van der Waals surface area contributed by atoms with Crippen molar-refractivity contribution in [2.45, 2.75) is 25.7 Å². The molecule has 0 rings (SSSR count). The minimum absolute atomic E-state index is 0.204. The number of hydrogen-bond donors (Lipinski definition) is 2. The van der Waals surface area contributed by atoms with Crippen molar-refractivity contribution in [3.8, 4) is 0 Å². The van der Waals surface area contributed by atoms with Crippen molar-refractivity contribution in [3.63, 3.8) is 0 Å². The second kappa shape index (κ2) is 9.85. The van der Waals surface area contributed by atoms with Gasteiger partial charge in [0.1, 0.15) is 0 Å². The fraction of sp³-hybridized carbons (Fsp3) is 0.833. The minimum atomic E-state index is -0.983. The number of rotatable bonds is 11. The second-order valence-electron chi connectivity index (χ2n) is 4.72. The number of carbonyl (C=O) groups is 2. The van der Waals surface area contributed by atoms with Gasteiger partial charge in [0.05, 0.1) is 13.1 Å². The molecule has 0 aliphatic rings. The molecule has 0 heterocycles. The lowest BCUT2D eigenvalue weighted by Gasteiger charge is -2.17. The van der Waals surface area contributed by atoms with Crippen LogP contribution in [0.25, 0.3) is 0 Å². The Morgan fingerprint density at radius 1 is 0.833 bits per heavy atom. The van der Waals surface area contributed by atoms with Gasteiger partial charge in [-0.3, -0.25) is 14.5 Å². The van der Waals surface area contributed by atoms with Crippen LogP contribution in [0.4, 0.5) is 0 Å². The summed E-state index contributed by atoms with van der Waals surface area (Å²) in [5, 5.41) is 17.3. The van der Waals surface area contributed by atoms with Crippen LogP contribution in [0.2, 0.25) is 0 Å². The summed E-state index contributed by atoms with van der Waals surface area (Å²) >= 11 is 0. The maximum atomic E-state index is 10.6. The molecule has 18 heavy (non-hydrogen) atoms. The number of nitrogens with zero attached hydrogens (tertiary/aromatic N) is 2. The highest BCUT2D eigenvalue weighted by molar-refractivity contribution is 5.72. The molecule has 0 bridgehead atoms. The number of aliphatic carboxylic acids is 2. The third-order valence-corrected chi connectivity index (χ3v) is 2.55. The summed E-state index contributed by atoms with van der Waals surface area (Å²) < 4.78 is 0. The van der Waals surface area contributed by atoms with Gasteiger partial charge >= 0.3 is 11.9 Å². The summed E-state index contributed by atoms with van der Waals surface area (Å²) in [4.78, 5) is 24.7. The van der Waals surface area contributed by atoms with Gasteiger partial charge < -0.3 is 15.1 Å². The molecule has 0 amide bonds. The van der Waals surface area contributed by atoms with Gasteiger partial charge in [-0.1, -0.05) is 12.8 Å². The topological polar surface area (TPSA) is 81.1 Å². The van der Waals surface area contributed by atoms with Gasteiger partial charge in [0.2, 0.25) is 0 Å². The summed E-state index contributed by atoms with van der Waals surface area (Å²) in [5.74, 6) is -1.97. The van der Waals surface area contributed by atoms with Crippen molar-refractivity contribution in [2.24, 2.45) is 0 Å². The molecule has 0 atom stereocenters. The highest BCUT2D eigenvalue weighted by atomic mass is 16.4. The van der Waals surface area contributed by atoms with Crippen LogP contribution in [0, 0.1) is 0 Å². The van der Waals surface area contributed by atoms with Crippen molar-refractivity contribution in [3.05, 3.63) is 0 Å². The molecule has 0 aliphatic heterocycles. The number of carboxylic acid groups (broad SMARTS) is 2. The van der Waals surface area contributed by atoms with Crippen LogP contribution >= 0.6 is 0 Å². The molecule has 106 valence electrons. The normalized spacial score (nSPS) is 11.1. The van der Waals surface area contributed by atoms with Crippen molar-refractivity contribution in [2.75, 3.05) is 40.3 Å². The molecule has 0 saturated heterocycles. The van der Waals surface area contributed by atoms with Crippen LogP contribution in [0.15, 0.2) is 0 Å². The van der Waals surface area contributed by atoms with E-state index in [4.69, 9.17) is 10.2 Å². The van der Waals surface area contributed by atoms with Gasteiger partial charge in [0.25, 0.3) is 0 Å². The SMILES string of the molecule is CN(C)CCCCCCN(CC(=O)O)CC(=O)O. The number of hydrogen-bond acceptors (Lipinski definition) is 4. The zero-order chi connectivity index (χ0) is 14.0. The Morgan fingerprint density at radius 3 is 1.67 bits per heavy atom. The van der Waals surface area contributed by atoms with Crippen LogP contribution in [-0.2, 0) is 9.59 Å². The van der Waals surface area contributed by atoms with E-state index in [0.29, 0.717) is 6.54 Å². The zero-order valence-electron chi connectivity index (χ0n) is 11.3. The predicted octanol–water partition coefficient (Wildman–Crippen LogP) is 0.580. The van der Waals surface area contributed by atoms with E-state index in [0.717, 1.165) is 32.2 Å². The molecule has 0 aliphatic carbocycles. The highest BCUT2D eigenvalue weighted by Crippen LogP contribution is 2.02. The summed E-state index contributed by atoms with van der Waals surface area (Å²) in [6.45, 7) is 1.17. The summed E-state index contributed by atoms with van der Waals surface area (Å²) in [5.41, 5.74) is 0. The fourth-order valence-electron chi connectivity index (χ4n) is 1.71. The Balaban J connectivity index is 3.69. The third-order valence-electron chi connectivity index (χ3n) is 2.55. The van der Waals surface area contributed by atoms with E-state index >= 15 is 0 Å². The van der Waals surface area contributed by atoms with E-state index in [2.05, 4.69) is 4.90 Å². The van der Waals surface area contributed by atoms with Gasteiger partial charge in [-0.25, -0.2) is 0 Å². The monoisotopic (exact) mass is 260 g/mol. The van der Waals surface area contributed by atoms with Crippen molar-refractivity contribution < 1.29 is 19.8 Å². The van der Waals surface area contributed by atoms with E-state index in [1.807, 2.05) is 14.1 Å². The Labute approximate surface area is 108 Å². The van der Waals surface area contributed by atoms with Gasteiger partial charge in [0.15, 0.2) is 0 Å². The maximum absolute atomic E-state index is 10.6. The molecule has 0 unspecified atom stereocenters. The molecule has 0 aromatic carbocycles. The smallest absolute Gasteiger partial charge is 0.317 e. The molecule has 0 aromatic rings. The zero-order valence-corrected chi connectivity index (χ0v) is 11.3. The minimum Gasteiger partial charge on any atom is -0.480 e. The van der Waals surface area contributed by atoms with E-state index in [1.54, 1.807) is 0 Å². The molecule has 0 fully saturated rings. The van der Waals surface area contributed by atoms with E-state index < -0.39 is 11.9 Å². The average molecular weight is 260 g/mol. The first-order valence-corrected chi connectivity index (χ1v) is 6.22. The number of unbranched alkanes of at least 4 members (excludes halogenated alkanes) is 3. The number of carboxylic acids is 2. The molecule has 0 spiro atoms. The molecule has 6 nitrogen and oxygen atoms in total. The van der Waals surface area contributed by atoms with Crippen molar-refractivity contribution >= 4 is 11.9 Å².